The van der Waals surface area contributed by atoms with Gasteiger partial charge >= 0.3 is 0 Å². The SMILES string of the molecule is CCCC1(Br)C=CC(c2ccccc2)C=C1. The van der Waals surface area contributed by atoms with E-state index in [1.807, 2.05) is 0 Å². The van der Waals surface area contributed by atoms with E-state index in [1.54, 1.807) is 0 Å². The van der Waals surface area contributed by atoms with Gasteiger partial charge in [0.2, 0.25) is 0 Å². The van der Waals surface area contributed by atoms with Crippen molar-refractivity contribution in [2.45, 2.75) is 30.0 Å². The fourth-order valence-electron chi connectivity index (χ4n) is 2.09. The van der Waals surface area contributed by atoms with E-state index in [0.717, 1.165) is 6.42 Å². The van der Waals surface area contributed by atoms with E-state index >= 15 is 0 Å². The highest BCUT2D eigenvalue weighted by Gasteiger charge is 2.22. The van der Waals surface area contributed by atoms with E-state index in [0.29, 0.717) is 5.92 Å². The van der Waals surface area contributed by atoms with Crippen molar-refractivity contribution in [3.8, 4) is 0 Å². The van der Waals surface area contributed by atoms with Crippen LogP contribution in [-0.4, -0.2) is 4.32 Å². The Kier molecular flexibility index (Phi) is 3.65. The molecule has 84 valence electrons. The molecule has 0 saturated carbocycles. The predicted molar refractivity (Wildman–Crippen MR) is 74.0 cm³/mol. The van der Waals surface area contributed by atoms with Crippen LogP contribution < -0.4 is 0 Å². The summed E-state index contributed by atoms with van der Waals surface area (Å²) in [7, 11) is 0. The minimum absolute atomic E-state index is 0.0903. The summed E-state index contributed by atoms with van der Waals surface area (Å²) < 4.78 is 0.0903. The van der Waals surface area contributed by atoms with Gasteiger partial charge < -0.3 is 0 Å². The quantitative estimate of drug-likeness (QED) is 0.548. The maximum atomic E-state index is 3.78. The Bertz CT molecular complexity index is 375. The van der Waals surface area contributed by atoms with Crippen LogP contribution in [0.4, 0.5) is 0 Å². The van der Waals surface area contributed by atoms with Crippen molar-refractivity contribution in [1.82, 2.24) is 0 Å². The van der Waals surface area contributed by atoms with E-state index in [1.165, 1.54) is 12.0 Å². The first-order chi connectivity index (χ1) is 7.73. The number of alkyl halides is 1. The number of allylic oxidation sites excluding steroid dienone is 4. The molecule has 1 aliphatic carbocycles. The Morgan fingerprint density at radius 2 is 1.75 bits per heavy atom. The summed E-state index contributed by atoms with van der Waals surface area (Å²) in [5, 5.41) is 0. The van der Waals surface area contributed by atoms with Gasteiger partial charge in [-0.1, -0.05) is 83.9 Å². The molecule has 0 atom stereocenters. The number of hydrogen-bond donors (Lipinski definition) is 0. The summed E-state index contributed by atoms with van der Waals surface area (Å²) in [5.41, 5.74) is 1.36. The molecule has 1 aromatic rings. The van der Waals surface area contributed by atoms with Gasteiger partial charge in [-0.2, -0.15) is 0 Å². The van der Waals surface area contributed by atoms with Gasteiger partial charge in [0.15, 0.2) is 0 Å². The van der Waals surface area contributed by atoms with Crippen LogP contribution in [0.3, 0.4) is 0 Å². The Morgan fingerprint density at radius 1 is 1.12 bits per heavy atom. The van der Waals surface area contributed by atoms with Crippen molar-refractivity contribution in [3.05, 3.63) is 60.2 Å². The molecule has 1 aromatic carbocycles. The Balaban J connectivity index is 2.12. The van der Waals surface area contributed by atoms with E-state index in [9.17, 15) is 0 Å². The summed E-state index contributed by atoms with van der Waals surface area (Å²) in [5.74, 6) is 0.434. The van der Waals surface area contributed by atoms with Crippen LogP contribution in [0.25, 0.3) is 0 Å². The highest BCUT2D eigenvalue weighted by Crippen LogP contribution is 2.34. The van der Waals surface area contributed by atoms with Gasteiger partial charge in [0.05, 0.1) is 4.32 Å². The summed E-state index contributed by atoms with van der Waals surface area (Å²) in [6.45, 7) is 2.22. The van der Waals surface area contributed by atoms with Crippen molar-refractivity contribution in [2.24, 2.45) is 0 Å². The first-order valence-corrected chi connectivity index (χ1v) is 6.65. The molecule has 0 amide bonds. The molecular weight excluding hydrogens is 260 g/mol. The number of halogens is 1. The second-order valence-corrected chi connectivity index (χ2v) is 5.81. The Hall–Kier alpha value is -0.820. The average Bonchev–Trinajstić information content (AvgIpc) is 2.31. The molecule has 0 saturated heterocycles. The zero-order chi connectivity index (χ0) is 11.4. The predicted octanol–water partition coefficient (Wildman–Crippen LogP) is 4.83. The van der Waals surface area contributed by atoms with Gasteiger partial charge in [-0.05, 0) is 12.0 Å². The monoisotopic (exact) mass is 276 g/mol. The molecule has 16 heavy (non-hydrogen) atoms. The zero-order valence-electron chi connectivity index (χ0n) is 9.57. The van der Waals surface area contributed by atoms with Gasteiger partial charge in [0, 0.05) is 5.92 Å². The van der Waals surface area contributed by atoms with Crippen LogP contribution in [0.5, 0.6) is 0 Å². The highest BCUT2D eigenvalue weighted by atomic mass is 79.9. The van der Waals surface area contributed by atoms with Crippen LogP contribution in [0.1, 0.15) is 31.2 Å². The molecule has 0 spiro atoms. The Morgan fingerprint density at radius 3 is 2.31 bits per heavy atom. The molecule has 1 aliphatic rings. The third-order valence-corrected chi connectivity index (χ3v) is 3.90. The fourth-order valence-corrected chi connectivity index (χ4v) is 2.80. The van der Waals surface area contributed by atoms with Crippen LogP contribution in [0, 0.1) is 0 Å². The maximum absolute atomic E-state index is 3.78. The van der Waals surface area contributed by atoms with Gasteiger partial charge in [-0.25, -0.2) is 0 Å². The summed E-state index contributed by atoms with van der Waals surface area (Å²) in [6.07, 6.45) is 11.5. The zero-order valence-corrected chi connectivity index (χ0v) is 11.2. The largest absolute Gasteiger partial charge is 0.0762 e. The molecule has 0 aliphatic heterocycles. The van der Waals surface area contributed by atoms with Gasteiger partial charge in [-0.15, -0.1) is 0 Å². The van der Waals surface area contributed by atoms with Crippen molar-refractivity contribution in [1.29, 1.82) is 0 Å². The molecule has 1 heteroatoms. The van der Waals surface area contributed by atoms with Crippen molar-refractivity contribution < 1.29 is 0 Å². The van der Waals surface area contributed by atoms with E-state index < -0.39 is 0 Å². The molecule has 0 fully saturated rings. The van der Waals surface area contributed by atoms with Gasteiger partial charge in [0.1, 0.15) is 0 Å². The number of benzene rings is 1. The van der Waals surface area contributed by atoms with E-state index in [-0.39, 0.29) is 4.32 Å². The van der Waals surface area contributed by atoms with Crippen molar-refractivity contribution in [2.75, 3.05) is 0 Å². The molecule has 0 unspecified atom stereocenters. The average molecular weight is 277 g/mol. The second kappa shape index (κ2) is 5.01. The summed E-state index contributed by atoms with van der Waals surface area (Å²) in [4.78, 5) is 0. The van der Waals surface area contributed by atoms with Crippen molar-refractivity contribution in [3.63, 3.8) is 0 Å². The molecule has 2 rings (SSSR count). The minimum atomic E-state index is 0.0903. The molecule has 0 nitrogen and oxygen atoms in total. The lowest BCUT2D eigenvalue weighted by Crippen LogP contribution is -2.16. The van der Waals surface area contributed by atoms with Crippen LogP contribution in [0.2, 0.25) is 0 Å². The third-order valence-electron chi connectivity index (χ3n) is 2.98. The molecular formula is C15H17Br. The normalized spacial score (nSPS) is 28.2. The lowest BCUT2D eigenvalue weighted by atomic mass is 9.89. The smallest absolute Gasteiger partial charge is 0.0617 e. The van der Waals surface area contributed by atoms with Gasteiger partial charge in [-0.3, -0.25) is 0 Å². The fraction of sp³-hybridized carbons (Fsp3) is 0.333. The first kappa shape index (κ1) is 11.7. The first-order valence-electron chi connectivity index (χ1n) is 5.86. The Labute approximate surface area is 106 Å². The van der Waals surface area contributed by atoms with Crippen LogP contribution >= 0.6 is 15.9 Å². The van der Waals surface area contributed by atoms with E-state index in [4.69, 9.17) is 0 Å². The summed E-state index contributed by atoms with van der Waals surface area (Å²) >= 11 is 3.78. The number of rotatable bonds is 3. The molecule has 0 bridgehead atoms. The van der Waals surface area contributed by atoms with Crippen LogP contribution in [-0.2, 0) is 0 Å². The maximum Gasteiger partial charge on any atom is 0.0617 e. The van der Waals surface area contributed by atoms with Gasteiger partial charge in [0.25, 0.3) is 0 Å². The minimum Gasteiger partial charge on any atom is -0.0762 e. The molecule has 0 radical (unpaired) electrons. The summed E-state index contributed by atoms with van der Waals surface area (Å²) in [6, 6.07) is 10.6. The lowest BCUT2D eigenvalue weighted by molar-refractivity contribution is 0.729. The van der Waals surface area contributed by atoms with Crippen LogP contribution in [0.15, 0.2) is 54.6 Å². The molecule has 0 heterocycles. The number of hydrogen-bond acceptors (Lipinski definition) is 0. The second-order valence-electron chi connectivity index (χ2n) is 4.33. The van der Waals surface area contributed by atoms with Crippen molar-refractivity contribution >= 4 is 15.9 Å². The topological polar surface area (TPSA) is 0 Å². The standard InChI is InChI=1S/C15H17Br/c1-2-10-15(16)11-8-14(9-12-15)13-6-4-3-5-7-13/h3-9,11-12,14H,2,10H2,1H3. The lowest BCUT2D eigenvalue weighted by Gasteiger charge is -2.24. The highest BCUT2D eigenvalue weighted by molar-refractivity contribution is 9.10. The van der Waals surface area contributed by atoms with E-state index in [2.05, 4.69) is 77.5 Å². The molecule has 0 aromatic heterocycles. The third kappa shape index (κ3) is 2.65. The molecule has 0 N–H and O–H groups in total.